The molecular formula is C16H10ClNO2. The summed E-state index contributed by atoms with van der Waals surface area (Å²) in [6, 6.07) is 14.2. The number of halogens is 1. The molecule has 3 nitrogen and oxygen atoms in total. The number of fused-ring (bicyclic) bond motifs is 1. The van der Waals surface area contributed by atoms with E-state index in [0.717, 1.165) is 5.56 Å². The van der Waals surface area contributed by atoms with E-state index in [1.165, 1.54) is 6.07 Å². The van der Waals surface area contributed by atoms with Crippen LogP contribution in [0.3, 0.4) is 0 Å². The van der Waals surface area contributed by atoms with Crippen molar-refractivity contribution < 1.29 is 4.52 Å². The maximum absolute atomic E-state index is 11.7. The number of hydrogen-bond donors (Lipinski definition) is 0. The second-order valence-corrected chi connectivity index (χ2v) is 4.66. The molecule has 0 fully saturated rings. The van der Waals surface area contributed by atoms with Gasteiger partial charge in [-0.2, -0.15) is 0 Å². The van der Waals surface area contributed by atoms with Crippen molar-refractivity contribution in [3.63, 3.8) is 0 Å². The lowest BCUT2D eigenvalue weighted by Crippen LogP contribution is -1.91. The lowest BCUT2D eigenvalue weighted by molar-refractivity contribution is 0.453. The third kappa shape index (κ3) is 2.36. The van der Waals surface area contributed by atoms with E-state index in [-0.39, 0.29) is 11.0 Å². The van der Waals surface area contributed by atoms with Gasteiger partial charge in [-0.15, -0.1) is 0 Å². The Morgan fingerprint density at radius 2 is 1.75 bits per heavy atom. The summed E-state index contributed by atoms with van der Waals surface area (Å²) in [5, 5.41) is 5.27. The summed E-state index contributed by atoms with van der Waals surface area (Å²) in [6.45, 7) is 0. The maximum Gasteiger partial charge on any atom is 0.224 e. The van der Waals surface area contributed by atoms with Gasteiger partial charge in [-0.3, -0.25) is 4.79 Å². The van der Waals surface area contributed by atoms with Gasteiger partial charge in [0, 0.05) is 5.02 Å². The lowest BCUT2D eigenvalue weighted by Gasteiger charge is -1.95. The monoisotopic (exact) mass is 283 g/mol. The predicted molar refractivity (Wildman–Crippen MR) is 80.7 cm³/mol. The van der Waals surface area contributed by atoms with E-state index in [1.54, 1.807) is 24.3 Å². The standard InChI is InChI=1S/C16H10ClNO2/c17-13-7-3-1-5-11(13)9-10-14-12-6-2-4-8-15(19)16(12)20-18-14/h1-10H/b10-9-. The van der Waals surface area contributed by atoms with Gasteiger partial charge in [-0.25, -0.2) is 0 Å². The largest absolute Gasteiger partial charge is 0.351 e. The number of rotatable bonds is 2. The van der Waals surface area contributed by atoms with E-state index in [0.29, 0.717) is 16.1 Å². The van der Waals surface area contributed by atoms with Gasteiger partial charge < -0.3 is 4.52 Å². The van der Waals surface area contributed by atoms with Crippen LogP contribution < -0.4 is 5.43 Å². The average Bonchev–Trinajstić information content (AvgIpc) is 2.76. The van der Waals surface area contributed by atoms with Crippen molar-refractivity contribution in [3.05, 3.63) is 75.0 Å². The molecule has 1 heterocycles. The van der Waals surface area contributed by atoms with Crippen LogP contribution in [0.2, 0.25) is 5.02 Å². The zero-order valence-electron chi connectivity index (χ0n) is 10.4. The fourth-order valence-corrected chi connectivity index (χ4v) is 2.12. The lowest BCUT2D eigenvalue weighted by atomic mass is 10.2. The highest BCUT2D eigenvalue weighted by atomic mass is 35.5. The van der Waals surface area contributed by atoms with Gasteiger partial charge in [0.1, 0.15) is 5.69 Å². The smallest absolute Gasteiger partial charge is 0.224 e. The van der Waals surface area contributed by atoms with Crippen LogP contribution in [0.25, 0.3) is 23.1 Å². The van der Waals surface area contributed by atoms with Crippen molar-refractivity contribution in [2.45, 2.75) is 0 Å². The van der Waals surface area contributed by atoms with Gasteiger partial charge in [-0.1, -0.05) is 53.2 Å². The second kappa shape index (κ2) is 5.31. The quantitative estimate of drug-likeness (QED) is 0.713. The Bertz CT molecular complexity index is 852. The van der Waals surface area contributed by atoms with Crippen molar-refractivity contribution in [3.8, 4) is 0 Å². The van der Waals surface area contributed by atoms with Gasteiger partial charge in [0.25, 0.3) is 0 Å². The number of nitrogens with zero attached hydrogens (tertiary/aromatic N) is 1. The molecule has 0 aliphatic rings. The summed E-state index contributed by atoms with van der Waals surface area (Å²) < 4.78 is 5.11. The molecular weight excluding hydrogens is 274 g/mol. The molecule has 0 spiro atoms. The minimum atomic E-state index is -0.185. The molecule has 0 unspecified atom stereocenters. The van der Waals surface area contributed by atoms with Crippen LogP contribution in [0.15, 0.2) is 57.8 Å². The van der Waals surface area contributed by atoms with Gasteiger partial charge >= 0.3 is 0 Å². The zero-order valence-corrected chi connectivity index (χ0v) is 11.2. The number of benzene rings is 1. The summed E-state index contributed by atoms with van der Waals surface area (Å²) in [5.41, 5.74) is 1.56. The second-order valence-electron chi connectivity index (χ2n) is 4.25. The van der Waals surface area contributed by atoms with E-state index in [2.05, 4.69) is 5.16 Å². The molecule has 0 bridgehead atoms. The van der Waals surface area contributed by atoms with Crippen molar-refractivity contribution >= 4 is 34.7 Å². The van der Waals surface area contributed by atoms with E-state index in [9.17, 15) is 4.79 Å². The third-order valence-electron chi connectivity index (χ3n) is 2.93. The molecule has 3 aromatic rings. The van der Waals surface area contributed by atoms with Crippen molar-refractivity contribution in [1.82, 2.24) is 5.16 Å². The Kier molecular flexibility index (Phi) is 3.35. The molecule has 0 saturated carbocycles. The Hall–Kier alpha value is -2.39. The van der Waals surface area contributed by atoms with Crippen LogP contribution in [0.5, 0.6) is 0 Å². The molecule has 2 aromatic carbocycles. The van der Waals surface area contributed by atoms with Crippen LogP contribution in [0.1, 0.15) is 11.3 Å². The van der Waals surface area contributed by atoms with Crippen LogP contribution in [0, 0.1) is 0 Å². The Morgan fingerprint density at radius 1 is 1.00 bits per heavy atom. The van der Waals surface area contributed by atoms with Gasteiger partial charge in [0.15, 0.2) is 0 Å². The SMILES string of the molecule is O=c1ccccc2c(/C=C\c3ccccc3Cl)noc12. The minimum absolute atomic E-state index is 0.185. The summed E-state index contributed by atoms with van der Waals surface area (Å²) >= 11 is 6.08. The molecule has 0 amide bonds. The van der Waals surface area contributed by atoms with E-state index >= 15 is 0 Å². The van der Waals surface area contributed by atoms with E-state index < -0.39 is 0 Å². The third-order valence-corrected chi connectivity index (χ3v) is 3.27. The Morgan fingerprint density at radius 3 is 2.60 bits per heavy atom. The molecule has 0 atom stereocenters. The average molecular weight is 284 g/mol. The number of hydrogen-bond acceptors (Lipinski definition) is 3. The summed E-state index contributed by atoms with van der Waals surface area (Å²) in [7, 11) is 0. The van der Waals surface area contributed by atoms with Gasteiger partial charge in [0.05, 0.1) is 5.39 Å². The Labute approximate surface area is 120 Å². The van der Waals surface area contributed by atoms with Crippen molar-refractivity contribution in [1.29, 1.82) is 0 Å². The topological polar surface area (TPSA) is 43.1 Å². The van der Waals surface area contributed by atoms with Crippen molar-refractivity contribution in [2.24, 2.45) is 0 Å². The van der Waals surface area contributed by atoms with Crippen LogP contribution in [-0.4, -0.2) is 5.16 Å². The minimum Gasteiger partial charge on any atom is -0.351 e. The van der Waals surface area contributed by atoms with Crippen LogP contribution >= 0.6 is 11.6 Å². The highest BCUT2D eigenvalue weighted by Crippen LogP contribution is 2.20. The molecule has 20 heavy (non-hydrogen) atoms. The molecule has 98 valence electrons. The van der Waals surface area contributed by atoms with Crippen molar-refractivity contribution in [2.75, 3.05) is 0 Å². The van der Waals surface area contributed by atoms with E-state index in [4.69, 9.17) is 16.1 Å². The Balaban J connectivity index is 2.09. The highest BCUT2D eigenvalue weighted by molar-refractivity contribution is 6.32. The fraction of sp³-hybridized carbons (Fsp3) is 0. The molecule has 0 radical (unpaired) electrons. The first-order valence-electron chi connectivity index (χ1n) is 6.07. The van der Waals surface area contributed by atoms with Gasteiger partial charge in [0.2, 0.25) is 11.0 Å². The molecule has 3 rings (SSSR count). The molecule has 0 saturated heterocycles. The molecule has 1 aromatic heterocycles. The summed E-state index contributed by atoms with van der Waals surface area (Å²) in [6.07, 6.45) is 3.63. The first-order valence-corrected chi connectivity index (χ1v) is 6.45. The maximum atomic E-state index is 11.7. The molecule has 0 aliphatic carbocycles. The van der Waals surface area contributed by atoms with Crippen LogP contribution in [0.4, 0.5) is 0 Å². The molecule has 0 aliphatic heterocycles. The van der Waals surface area contributed by atoms with Gasteiger partial charge in [-0.05, 0) is 29.8 Å². The highest BCUT2D eigenvalue weighted by Gasteiger charge is 2.06. The first kappa shape index (κ1) is 12.6. The summed E-state index contributed by atoms with van der Waals surface area (Å²) in [5.74, 6) is 0. The zero-order chi connectivity index (χ0) is 13.9. The fourth-order valence-electron chi connectivity index (χ4n) is 1.92. The predicted octanol–water partition coefficient (Wildman–Crippen LogP) is 4.01. The van der Waals surface area contributed by atoms with Crippen LogP contribution in [-0.2, 0) is 0 Å². The normalized spacial score (nSPS) is 11.2. The van der Waals surface area contributed by atoms with E-state index in [1.807, 2.05) is 30.3 Å². The molecule has 0 N–H and O–H groups in total. The summed E-state index contributed by atoms with van der Waals surface area (Å²) in [4.78, 5) is 11.7. The molecule has 4 heteroatoms. The first-order chi connectivity index (χ1) is 9.75. The number of aromatic nitrogens is 1.